The van der Waals surface area contributed by atoms with E-state index in [1.54, 1.807) is 18.2 Å². The Morgan fingerprint density at radius 2 is 0.808 bits per heavy atom. The van der Waals surface area contributed by atoms with Crippen molar-refractivity contribution in [2.45, 2.75) is 96.9 Å². The van der Waals surface area contributed by atoms with Crippen molar-refractivity contribution in [2.75, 3.05) is 0 Å². The number of rotatable bonds is 15. The Morgan fingerprint density at radius 1 is 0.615 bits per heavy atom. The van der Waals surface area contributed by atoms with Crippen LogP contribution in [0, 0.1) is 0 Å². The highest BCUT2D eigenvalue weighted by Gasteiger charge is 2.46. The van der Waals surface area contributed by atoms with Gasteiger partial charge in [-0.2, -0.15) is 0 Å². The highest BCUT2D eigenvalue weighted by atomic mass is 31.2. The standard InChI is InChI=1S/C21H39O4P/c1-10-19(11-2,12-3)23-26(22,24-20(13-4,14-5)15-6)25-21(16-7,17-8)18-9/h10,13,16H,1,4,7,11-12,14-15,17-18H2,2-3,5-6,8-9H3. The fraction of sp³-hybridized carbons (Fsp3) is 0.714. The molecule has 0 bridgehead atoms. The maximum Gasteiger partial charge on any atom is 0.477 e. The minimum Gasteiger partial charge on any atom is -0.276 e. The van der Waals surface area contributed by atoms with Gasteiger partial charge < -0.3 is 0 Å². The fourth-order valence-corrected chi connectivity index (χ4v) is 5.29. The quantitative estimate of drug-likeness (QED) is 0.217. The Labute approximate surface area is 161 Å². The van der Waals surface area contributed by atoms with Crippen LogP contribution in [0.15, 0.2) is 38.0 Å². The van der Waals surface area contributed by atoms with E-state index >= 15 is 0 Å². The molecule has 0 rings (SSSR count). The second kappa shape index (κ2) is 10.6. The predicted octanol–water partition coefficient (Wildman–Crippen LogP) is 7.38. The molecular weight excluding hydrogens is 347 g/mol. The van der Waals surface area contributed by atoms with Crippen LogP contribution in [-0.4, -0.2) is 16.8 Å². The SMILES string of the molecule is C=CC(CC)(CC)OP(=O)(OC(C=C)(CC)CC)OC(C=C)(CC)CC. The van der Waals surface area contributed by atoms with Crippen molar-refractivity contribution in [3.8, 4) is 0 Å². The van der Waals surface area contributed by atoms with Gasteiger partial charge in [0.2, 0.25) is 0 Å². The molecule has 0 saturated carbocycles. The largest absolute Gasteiger partial charge is 0.477 e. The summed E-state index contributed by atoms with van der Waals surface area (Å²) in [5.41, 5.74) is -2.34. The van der Waals surface area contributed by atoms with Crippen molar-refractivity contribution in [2.24, 2.45) is 0 Å². The monoisotopic (exact) mass is 386 g/mol. The molecule has 0 aliphatic heterocycles. The summed E-state index contributed by atoms with van der Waals surface area (Å²) in [5, 5.41) is 0. The molecule has 0 amide bonds. The zero-order chi connectivity index (χ0) is 20.5. The molecule has 5 heteroatoms. The summed E-state index contributed by atoms with van der Waals surface area (Å²) in [7, 11) is -3.95. The van der Waals surface area contributed by atoms with E-state index in [9.17, 15) is 4.57 Å². The van der Waals surface area contributed by atoms with Crippen LogP contribution in [0.25, 0.3) is 0 Å². The first-order valence-electron chi connectivity index (χ1n) is 9.80. The molecule has 4 nitrogen and oxygen atoms in total. The summed E-state index contributed by atoms with van der Waals surface area (Å²) in [6, 6.07) is 0. The third-order valence-corrected chi connectivity index (χ3v) is 7.35. The lowest BCUT2D eigenvalue weighted by atomic mass is 9.98. The van der Waals surface area contributed by atoms with E-state index in [1.165, 1.54) is 0 Å². The Kier molecular flexibility index (Phi) is 10.3. The zero-order valence-electron chi connectivity index (χ0n) is 17.7. The minimum atomic E-state index is -3.95. The molecule has 152 valence electrons. The van der Waals surface area contributed by atoms with Gasteiger partial charge in [0.1, 0.15) is 0 Å². The Balaban J connectivity index is 6.16. The molecule has 0 radical (unpaired) electrons. The van der Waals surface area contributed by atoms with Crippen molar-refractivity contribution in [1.82, 2.24) is 0 Å². The molecule has 0 unspecified atom stereocenters. The van der Waals surface area contributed by atoms with E-state index < -0.39 is 24.6 Å². The van der Waals surface area contributed by atoms with E-state index in [1.807, 2.05) is 41.5 Å². The van der Waals surface area contributed by atoms with Gasteiger partial charge in [0.15, 0.2) is 0 Å². The highest BCUT2D eigenvalue weighted by molar-refractivity contribution is 7.48. The smallest absolute Gasteiger partial charge is 0.276 e. The van der Waals surface area contributed by atoms with Crippen LogP contribution in [0.4, 0.5) is 0 Å². The topological polar surface area (TPSA) is 44.8 Å². The first-order chi connectivity index (χ1) is 12.2. The highest BCUT2D eigenvalue weighted by Crippen LogP contribution is 2.61. The van der Waals surface area contributed by atoms with Gasteiger partial charge in [0, 0.05) is 0 Å². The first-order valence-corrected chi connectivity index (χ1v) is 11.3. The lowest BCUT2D eigenvalue weighted by Gasteiger charge is -2.40. The molecule has 0 spiro atoms. The summed E-state index contributed by atoms with van der Waals surface area (Å²) in [4.78, 5) is 0. The molecule has 0 aliphatic carbocycles. The van der Waals surface area contributed by atoms with Crippen molar-refractivity contribution in [1.29, 1.82) is 0 Å². The molecule has 0 fully saturated rings. The average Bonchev–Trinajstić information content (AvgIpc) is 2.69. The van der Waals surface area contributed by atoms with Crippen molar-refractivity contribution < 1.29 is 18.1 Å². The van der Waals surface area contributed by atoms with Crippen molar-refractivity contribution >= 4 is 7.82 Å². The molecule has 0 heterocycles. The molecule has 0 aromatic carbocycles. The molecule has 0 saturated heterocycles. The second-order valence-corrected chi connectivity index (χ2v) is 8.09. The second-order valence-electron chi connectivity index (χ2n) is 6.65. The maximum atomic E-state index is 13.9. The van der Waals surface area contributed by atoms with Gasteiger partial charge in [-0.15, -0.1) is 19.7 Å². The summed E-state index contributed by atoms with van der Waals surface area (Å²) in [6.45, 7) is 23.4. The van der Waals surface area contributed by atoms with Gasteiger partial charge in [0.25, 0.3) is 0 Å². The number of phosphoric acid groups is 1. The lowest BCUT2D eigenvalue weighted by Crippen LogP contribution is -2.36. The van der Waals surface area contributed by atoms with Crippen LogP contribution in [0.5, 0.6) is 0 Å². The summed E-state index contributed by atoms with van der Waals surface area (Å²) in [5.74, 6) is 0. The van der Waals surface area contributed by atoms with Gasteiger partial charge in [-0.05, 0) is 38.5 Å². The van der Waals surface area contributed by atoms with E-state index in [0.29, 0.717) is 38.5 Å². The summed E-state index contributed by atoms with van der Waals surface area (Å²) >= 11 is 0. The molecule has 0 atom stereocenters. The summed E-state index contributed by atoms with van der Waals surface area (Å²) < 4.78 is 32.2. The fourth-order valence-electron chi connectivity index (χ4n) is 2.84. The lowest BCUT2D eigenvalue weighted by molar-refractivity contribution is -0.0375. The molecular formula is C21H39O4P. The Hall–Kier alpha value is -0.670. The maximum absolute atomic E-state index is 13.9. The number of phosphoric ester groups is 1. The third kappa shape index (κ3) is 5.92. The first kappa shape index (κ1) is 25.3. The van der Waals surface area contributed by atoms with Crippen molar-refractivity contribution in [3.05, 3.63) is 38.0 Å². The van der Waals surface area contributed by atoms with E-state index in [-0.39, 0.29) is 0 Å². The van der Waals surface area contributed by atoms with Crippen LogP contribution in [0.2, 0.25) is 0 Å². The van der Waals surface area contributed by atoms with Gasteiger partial charge in [-0.3, -0.25) is 13.6 Å². The van der Waals surface area contributed by atoms with Gasteiger partial charge in [0.05, 0.1) is 16.8 Å². The average molecular weight is 387 g/mol. The Bertz CT molecular complexity index is 429. The van der Waals surface area contributed by atoms with Crippen LogP contribution in [0.3, 0.4) is 0 Å². The van der Waals surface area contributed by atoms with Crippen LogP contribution >= 0.6 is 7.82 Å². The third-order valence-electron chi connectivity index (χ3n) is 5.59. The number of hydrogen-bond acceptors (Lipinski definition) is 4. The minimum absolute atomic E-state index is 0.613. The van der Waals surface area contributed by atoms with Crippen LogP contribution in [0.1, 0.15) is 80.1 Å². The normalized spacial score (nSPS) is 13.5. The van der Waals surface area contributed by atoms with Gasteiger partial charge in [-0.25, -0.2) is 4.57 Å². The van der Waals surface area contributed by atoms with Gasteiger partial charge in [-0.1, -0.05) is 59.8 Å². The van der Waals surface area contributed by atoms with Gasteiger partial charge >= 0.3 is 7.82 Å². The van der Waals surface area contributed by atoms with Crippen molar-refractivity contribution in [3.63, 3.8) is 0 Å². The van der Waals surface area contributed by atoms with E-state index in [2.05, 4.69) is 19.7 Å². The molecule has 0 aliphatic rings. The molecule has 0 aromatic rings. The molecule has 26 heavy (non-hydrogen) atoms. The summed E-state index contributed by atoms with van der Waals surface area (Å²) in [6.07, 6.45) is 8.74. The number of hydrogen-bond donors (Lipinski definition) is 0. The van der Waals surface area contributed by atoms with E-state index in [0.717, 1.165) is 0 Å². The van der Waals surface area contributed by atoms with Crippen LogP contribution < -0.4 is 0 Å². The molecule has 0 N–H and O–H groups in total. The van der Waals surface area contributed by atoms with Crippen LogP contribution in [-0.2, 0) is 18.1 Å². The zero-order valence-corrected chi connectivity index (χ0v) is 18.6. The Morgan fingerprint density at radius 3 is 0.923 bits per heavy atom. The van der Waals surface area contributed by atoms with E-state index in [4.69, 9.17) is 13.6 Å². The molecule has 0 aromatic heterocycles. The predicted molar refractivity (Wildman–Crippen MR) is 111 cm³/mol.